The van der Waals surface area contributed by atoms with Crippen LogP contribution in [0.25, 0.3) is 5.69 Å². The summed E-state index contributed by atoms with van der Waals surface area (Å²) in [6.07, 6.45) is 0.863. The second kappa shape index (κ2) is 4.88. The molecule has 0 atom stereocenters. The van der Waals surface area contributed by atoms with Gasteiger partial charge in [-0.05, 0) is 36.6 Å². The number of rotatable bonds is 3. The van der Waals surface area contributed by atoms with Gasteiger partial charge in [-0.3, -0.25) is 0 Å². The third-order valence-electron chi connectivity index (χ3n) is 2.39. The van der Waals surface area contributed by atoms with Crippen molar-refractivity contribution < 1.29 is 4.39 Å². The van der Waals surface area contributed by atoms with E-state index in [0.29, 0.717) is 16.8 Å². The lowest BCUT2D eigenvalue weighted by molar-refractivity contribution is 0.620. The van der Waals surface area contributed by atoms with E-state index in [1.54, 1.807) is 16.8 Å². The van der Waals surface area contributed by atoms with E-state index in [1.165, 1.54) is 12.1 Å². The molecule has 0 aliphatic carbocycles. The minimum absolute atomic E-state index is 0.292. The Morgan fingerprint density at radius 2 is 2.12 bits per heavy atom. The Balaban J connectivity index is 2.36. The minimum Gasteiger partial charge on any atom is -0.222 e. The van der Waals surface area contributed by atoms with Crippen molar-refractivity contribution in [2.75, 3.05) is 0 Å². The van der Waals surface area contributed by atoms with E-state index in [1.807, 2.05) is 6.07 Å². The number of benzene rings is 1. The van der Waals surface area contributed by atoms with Gasteiger partial charge < -0.3 is 0 Å². The molecule has 0 unspecified atom stereocenters. The van der Waals surface area contributed by atoms with Crippen molar-refractivity contribution in [2.45, 2.75) is 20.3 Å². The van der Waals surface area contributed by atoms with E-state index in [4.69, 9.17) is 11.6 Å². The van der Waals surface area contributed by atoms with Crippen LogP contribution in [0.4, 0.5) is 4.39 Å². The minimum atomic E-state index is -0.292. The second-order valence-corrected chi connectivity index (χ2v) is 4.84. The van der Waals surface area contributed by atoms with Gasteiger partial charge >= 0.3 is 0 Å². The van der Waals surface area contributed by atoms with E-state index in [2.05, 4.69) is 18.9 Å². The molecule has 0 radical (unpaired) electrons. The van der Waals surface area contributed by atoms with Crippen LogP contribution in [0, 0.1) is 11.7 Å². The van der Waals surface area contributed by atoms with Crippen LogP contribution in [0.15, 0.2) is 30.3 Å². The van der Waals surface area contributed by atoms with Gasteiger partial charge in [0, 0.05) is 0 Å². The number of hydrogen-bond acceptors (Lipinski definition) is 1. The van der Waals surface area contributed by atoms with Crippen molar-refractivity contribution in [2.24, 2.45) is 5.92 Å². The van der Waals surface area contributed by atoms with Crippen molar-refractivity contribution in [1.29, 1.82) is 0 Å². The Bertz CT molecular complexity index is 520. The van der Waals surface area contributed by atoms with Gasteiger partial charge in [0.15, 0.2) is 0 Å². The molecule has 90 valence electrons. The average Bonchev–Trinajstić information content (AvgIpc) is 2.58. The fourth-order valence-corrected chi connectivity index (χ4v) is 1.97. The average molecular weight is 253 g/mol. The number of nitrogens with zero attached hydrogens (tertiary/aromatic N) is 2. The molecule has 0 fully saturated rings. The summed E-state index contributed by atoms with van der Waals surface area (Å²) in [6.45, 7) is 4.24. The molecule has 2 rings (SSSR count). The third-order valence-corrected chi connectivity index (χ3v) is 2.66. The molecule has 0 saturated heterocycles. The van der Waals surface area contributed by atoms with Gasteiger partial charge in [-0.25, -0.2) is 9.07 Å². The zero-order chi connectivity index (χ0) is 12.4. The monoisotopic (exact) mass is 252 g/mol. The molecule has 1 heterocycles. The Kier molecular flexibility index (Phi) is 3.48. The van der Waals surface area contributed by atoms with Crippen molar-refractivity contribution in [1.82, 2.24) is 9.78 Å². The molecule has 0 amide bonds. The molecule has 1 aromatic carbocycles. The summed E-state index contributed by atoms with van der Waals surface area (Å²) in [5.41, 5.74) is 1.57. The third kappa shape index (κ3) is 2.86. The summed E-state index contributed by atoms with van der Waals surface area (Å²) in [7, 11) is 0. The van der Waals surface area contributed by atoms with Crippen molar-refractivity contribution in [3.63, 3.8) is 0 Å². The summed E-state index contributed by atoms with van der Waals surface area (Å²) in [5, 5.41) is 4.89. The molecule has 0 saturated carbocycles. The summed E-state index contributed by atoms with van der Waals surface area (Å²) in [6, 6.07) is 8.06. The fourth-order valence-electron chi connectivity index (χ4n) is 1.71. The van der Waals surface area contributed by atoms with E-state index >= 15 is 0 Å². The van der Waals surface area contributed by atoms with Crippen LogP contribution in [0.3, 0.4) is 0 Å². The van der Waals surface area contributed by atoms with E-state index in [9.17, 15) is 4.39 Å². The first kappa shape index (κ1) is 12.1. The lowest BCUT2D eigenvalue weighted by Crippen LogP contribution is -2.00. The maximum absolute atomic E-state index is 13.1. The van der Waals surface area contributed by atoms with E-state index in [0.717, 1.165) is 12.1 Å². The van der Waals surface area contributed by atoms with Gasteiger partial charge in [0.1, 0.15) is 11.0 Å². The molecule has 4 heteroatoms. The summed E-state index contributed by atoms with van der Waals surface area (Å²) in [5.74, 6) is 0.224. The highest BCUT2D eigenvalue weighted by Gasteiger charge is 2.09. The van der Waals surface area contributed by atoms with E-state index < -0.39 is 0 Å². The molecule has 2 nitrogen and oxygen atoms in total. The number of aromatic nitrogens is 2. The van der Waals surface area contributed by atoms with Gasteiger partial charge in [0.2, 0.25) is 0 Å². The van der Waals surface area contributed by atoms with Crippen LogP contribution >= 0.6 is 11.6 Å². The summed E-state index contributed by atoms with van der Waals surface area (Å²) < 4.78 is 14.7. The Hall–Kier alpha value is -1.35. The Morgan fingerprint density at radius 3 is 2.76 bits per heavy atom. The fraction of sp³-hybridized carbons (Fsp3) is 0.308. The summed E-state index contributed by atoms with van der Waals surface area (Å²) >= 11 is 6.09. The zero-order valence-corrected chi connectivity index (χ0v) is 10.6. The van der Waals surface area contributed by atoms with Crippen LogP contribution < -0.4 is 0 Å². The highest BCUT2D eigenvalue weighted by Crippen LogP contribution is 2.19. The van der Waals surface area contributed by atoms with Crippen LogP contribution in [0.5, 0.6) is 0 Å². The van der Waals surface area contributed by atoms with E-state index in [-0.39, 0.29) is 5.82 Å². The topological polar surface area (TPSA) is 17.8 Å². The molecule has 2 aromatic rings. The molecule has 0 N–H and O–H groups in total. The van der Waals surface area contributed by atoms with Crippen LogP contribution in [0.1, 0.15) is 19.5 Å². The van der Waals surface area contributed by atoms with Gasteiger partial charge in [-0.1, -0.05) is 31.5 Å². The molecule has 0 bridgehead atoms. The first-order valence-corrected chi connectivity index (χ1v) is 5.94. The molecular weight excluding hydrogens is 239 g/mol. The summed E-state index contributed by atoms with van der Waals surface area (Å²) in [4.78, 5) is 0. The Labute approximate surface area is 105 Å². The highest BCUT2D eigenvalue weighted by atomic mass is 35.5. The largest absolute Gasteiger partial charge is 0.222 e. The molecule has 1 aromatic heterocycles. The number of hydrogen-bond donors (Lipinski definition) is 0. The van der Waals surface area contributed by atoms with Gasteiger partial charge in [0.25, 0.3) is 0 Å². The molecule has 17 heavy (non-hydrogen) atoms. The Morgan fingerprint density at radius 1 is 1.35 bits per heavy atom. The standard InChI is InChI=1S/C13H14ClFN2/c1-9(2)6-11-8-13(14)17(16-11)12-5-3-4-10(15)7-12/h3-5,7-9H,6H2,1-2H3. The lowest BCUT2D eigenvalue weighted by atomic mass is 10.1. The molecular formula is C13H14ClFN2. The first-order chi connectivity index (χ1) is 8.06. The van der Waals surface area contributed by atoms with Crippen LogP contribution in [-0.4, -0.2) is 9.78 Å². The molecule has 0 aliphatic heterocycles. The van der Waals surface area contributed by atoms with Crippen LogP contribution in [0.2, 0.25) is 5.15 Å². The SMILES string of the molecule is CC(C)Cc1cc(Cl)n(-c2cccc(F)c2)n1. The normalized spacial score (nSPS) is 11.1. The smallest absolute Gasteiger partial charge is 0.133 e. The maximum Gasteiger partial charge on any atom is 0.133 e. The first-order valence-electron chi connectivity index (χ1n) is 5.56. The zero-order valence-electron chi connectivity index (χ0n) is 9.82. The van der Waals surface area contributed by atoms with Crippen molar-refractivity contribution in [3.8, 4) is 5.69 Å². The number of halogens is 2. The molecule has 0 spiro atoms. The highest BCUT2D eigenvalue weighted by molar-refractivity contribution is 6.29. The molecule has 0 aliphatic rings. The van der Waals surface area contributed by atoms with Gasteiger partial charge in [-0.15, -0.1) is 0 Å². The van der Waals surface area contributed by atoms with Crippen LogP contribution in [-0.2, 0) is 6.42 Å². The maximum atomic E-state index is 13.1. The van der Waals surface area contributed by atoms with Gasteiger partial charge in [0.05, 0.1) is 11.4 Å². The van der Waals surface area contributed by atoms with Gasteiger partial charge in [-0.2, -0.15) is 5.10 Å². The predicted octanol–water partition coefficient (Wildman–Crippen LogP) is 3.86. The van der Waals surface area contributed by atoms with Crippen molar-refractivity contribution in [3.05, 3.63) is 47.0 Å². The lowest BCUT2D eigenvalue weighted by Gasteiger charge is -2.03. The van der Waals surface area contributed by atoms with Crippen molar-refractivity contribution >= 4 is 11.6 Å². The second-order valence-electron chi connectivity index (χ2n) is 4.45. The predicted molar refractivity (Wildman–Crippen MR) is 67.1 cm³/mol. The quantitative estimate of drug-likeness (QED) is 0.811.